The highest BCUT2D eigenvalue weighted by molar-refractivity contribution is 6.32. The first-order valence-corrected chi connectivity index (χ1v) is 9.60. The van der Waals surface area contributed by atoms with Crippen molar-refractivity contribution in [3.63, 3.8) is 0 Å². The van der Waals surface area contributed by atoms with E-state index in [1.54, 1.807) is 12.1 Å². The van der Waals surface area contributed by atoms with Gasteiger partial charge >= 0.3 is 0 Å². The highest BCUT2D eigenvalue weighted by atomic mass is 35.5. The van der Waals surface area contributed by atoms with E-state index in [2.05, 4.69) is 10.9 Å². The van der Waals surface area contributed by atoms with Crippen molar-refractivity contribution in [3.05, 3.63) is 70.7 Å². The number of nitrogens with one attached hydrogen (secondary N) is 2. The van der Waals surface area contributed by atoms with E-state index in [1.165, 1.54) is 0 Å². The lowest BCUT2D eigenvalue weighted by molar-refractivity contribution is -0.128. The molecule has 0 fully saturated rings. The maximum absolute atomic E-state index is 12.3. The van der Waals surface area contributed by atoms with Gasteiger partial charge in [-0.2, -0.15) is 0 Å². The molecule has 0 radical (unpaired) electrons. The van der Waals surface area contributed by atoms with Gasteiger partial charge in [-0.3, -0.25) is 20.4 Å². The Hall–Kier alpha value is -3.25. The normalized spacial score (nSPS) is 12.4. The highest BCUT2D eigenvalue weighted by Crippen LogP contribution is 2.38. The molecule has 1 heterocycles. The molecular formula is C22H19ClN2O4. The zero-order chi connectivity index (χ0) is 20.2. The van der Waals surface area contributed by atoms with Gasteiger partial charge in [0.1, 0.15) is 13.2 Å². The molecule has 0 aliphatic carbocycles. The first kappa shape index (κ1) is 19.1. The predicted octanol–water partition coefficient (Wildman–Crippen LogP) is 3.20. The largest absolute Gasteiger partial charge is 0.486 e. The van der Waals surface area contributed by atoms with Gasteiger partial charge in [-0.25, -0.2) is 0 Å². The number of hydrogen-bond acceptors (Lipinski definition) is 4. The molecule has 0 saturated heterocycles. The summed E-state index contributed by atoms with van der Waals surface area (Å²) in [4.78, 5) is 24.5. The summed E-state index contributed by atoms with van der Waals surface area (Å²) in [6.45, 7) is 0.874. The topological polar surface area (TPSA) is 76.7 Å². The number of benzene rings is 3. The van der Waals surface area contributed by atoms with Crippen LogP contribution in [-0.2, 0) is 22.4 Å². The Kier molecular flexibility index (Phi) is 5.53. The van der Waals surface area contributed by atoms with Crippen LogP contribution in [0.3, 0.4) is 0 Å². The van der Waals surface area contributed by atoms with Gasteiger partial charge in [0.15, 0.2) is 11.5 Å². The molecule has 29 heavy (non-hydrogen) atoms. The molecule has 148 valence electrons. The van der Waals surface area contributed by atoms with Crippen LogP contribution in [0.5, 0.6) is 11.5 Å². The van der Waals surface area contributed by atoms with Gasteiger partial charge in [0.25, 0.3) is 0 Å². The third-order valence-corrected chi connectivity index (χ3v) is 4.87. The van der Waals surface area contributed by atoms with Crippen LogP contribution in [0, 0.1) is 0 Å². The van der Waals surface area contributed by atoms with Gasteiger partial charge in [-0.15, -0.1) is 0 Å². The van der Waals surface area contributed by atoms with E-state index < -0.39 is 0 Å². The number of hydrogen-bond donors (Lipinski definition) is 2. The molecule has 0 spiro atoms. The van der Waals surface area contributed by atoms with Crippen molar-refractivity contribution in [2.75, 3.05) is 13.2 Å². The standard InChI is InChI=1S/C22H19ClN2O4/c23-18-10-14(11-19-22(18)29-9-8-28-19)12-20(26)24-25-21(27)13-16-6-3-5-15-4-1-2-7-17(15)16/h1-7,10-11H,8-9,12-13H2,(H,24,26)(H,25,27). The number of rotatable bonds is 4. The van der Waals surface area contributed by atoms with E-state index in [-0.39, 0.29) is 24.7 Å². The van der Waals surface area contributed by atoms with Crippen molar-refractivity contribution in [2.45, 2.75) is 12.8 Å². The van der Waals surface area contributed by atoms with Gasteiger partial charge in [-0.1, -0.05) is 54.1 Å². The summed E-state index contributed by atoms with van der Waals surface area (Å²) in [5.74, 6) is 0.357. The fraction of sp³-hybridized carbons (Fsp3) is 0.182. The average Bonchev–Trinajstić information content (AvgIpc) is 2.73. The minimum atomic E-state index is -0.357. The molecule has 0 atom stereocenters. The number of ether oxygens (including phenoxy) is 2. The van der Waals surface area contributed by atoms with E-state index in [4.69, 9.17) is 21.1 Å². The fourth-order valence-corrected chi connectivity index (χ4v) is 3.59. The Morgan fingerprint density at radius 2 is 1.62 bits per heavy atom. The van der Waals surface area contributed by atoms with Crippen LogP contribution in [0.2, 0.25) is 5.02 Å². The molecule has 6 nitrogen and oxygen atoms in total. The molecule has 3 aromatic carbocycles. The Balaban J connectivity index is 1.35. The van der Waals surface area contributed by atoms with Crippen molar-refractivity contribution in [1.29, 1.82) is 0 Å². The summed E-state index contributed by atoms with van der Waals surface area (Å²) in [5, 5.41) is 2.48. The summed E-state index contributed by atoms with van der Waals surface area (Å²) in [5.41, 5.74) is 6.47. The Morgan fingerprint density at radius 3 is 2.48 bits per heavy atom. The predicted molar refractivity (Wildman–Crippen MR) is 110 cm³/mol. The zero-order valence-electron chi connectivity index (χ0n) is 15.5. The van der Waals surface area contributed by atoms with Crippen LogP contribution < -0.4 is 20.3 Å². The molecular weight excluding hydrogens is 392 g/mol. The zero-order valence-corrected chi connectivity index (χ0v) is 16.3. The van der Waals surface area contributed by atoms with Gasteiger partial charge in [0.05, 0.1) is 17.9 Å². The Labute approximate surface area is 172 Å². The lowest BCUT2D eigenvalue weighted by atomic mass is 10.0. The van der Waals surface area contributed by atoms with E-state index in [0.29, 0.717) is 35.3 Å². The first-order chi connectivity index (χ1) is 14.1. The number of halogens is 1. The Morgan fingerprint density at radius 1 is 0.897 bits per heavy atom. The smallest absolute Gasteiger partial charge is 0.242 e. The third kappa shape index (κ3) is 4.43. The molecule has 3 aromatic rings. The maximum atomic E-state index is 12.3. The van der Waals surface area contributed by atoms with Gasteiger partial charge < -0.3 is 9.47 Å². The van der Waals surface area contributed by atoms with Crippen LogP contribution in [0.25, 0.3) is 10.8 Å². The molecule has 1 aliphatic heterocycles. The monoisotopic (exact) mass is 410 g/mol. The van der Waals surface area contributed by atoms with Crippen molar-refractivity contribution >= 4 is 34.2 Å². The Bertz CT molecular complexity index is 1080. The fourth-order valence-electron chi connectivity index (χ4n) is 3.30. The number of amides is 2. The molecule has 2 amide bonds. The van der Waals surface area contributed by atoms with Crippen molar-refractivity contribution in [1.82, 2.24) is 10.9 Å². The van der Waals surface area contributed by atoms with Crippen molar-refractivity contribution in [2.24, 2.45) is 0 Å². The van der Waals surface area contributed by atoms with Crippen LogP contribution in [0.15, 0.2) is 54.6 Å². The summed E-state index contributed by atoms with van der Waals surface area (Å²) in [6, 6.07) is 17.1. The molecule has 1 aliphatic rings. The van der Waals surface area contributed by atoms with Crippen LogP contribution in [0.4, 0.5) is 0 Å². The van der Waals surface area contributed by atoms with Crippen LogP contribution in [0.1, 0.15) is 11.1 Å². The summed E-state index contributed by atoms with van der Waals surface area (Å²) in [7, 11) is 0. The van der Waals surface area contributed by atoms with Gasteiger partial charge in [0, 0.05) is 0 Å². The van der Waals surface area contributed by atoms with E-state index in [1.807, 2.05) is 42.5 Å². The first-order valence-electron chi connectivity index (χ1n) is 9.22. The minimum absolute atomic E-state index is 0.0465. The van der Waals surface area contributed by atoms with Gasteiger partial charge in [-0.05, 0) is 34.0 Å². The summed E-state index contributed by atoms with van der Waals surface area (Å²) in [6.07, 6.45) is 0.211. The average molecular weight is 411 g/mol. The second-order valence-electron chi connectivity index (χ2n) is 6.69. The van der Waals surface area contributed by atoms with Crippen molar-refractivity contribution in [3.8, 4) is 11.5 Å². The van der Waals surface area contributed by atoms with E-state index in [9.17, 15) is 9.59 Å². The van der Waals surface area contributed by atoms with E-state index in [0.717, 1.165) is 16.3 Å². The molecule has 0 bridgehead atoms. The lowest BCUT2D eigenvalue weighted by Crippen LogP contribution is -2.43. The number of carbonyl (C=O) groups is 2. The van der Waals surface area contributed by atoms with Crippen molar-refractivity contribution < 1.29 is 19.1 Å². The number of hydrazine groups is 1. The molecule has 0 unspecified atom stereocenters. The summed E-state index contributed by atoms with van der Waals surface area (Å²) >= 11 is 6.19. The molecule has 4 rings (SSSR count). The highest BCUT2D eigenvalue weighted by Gasteiger charge is 2.18. The number of fused-ring (bicyclic) bond motifs is 2. The molecule has 0 aromatic heterocycles. The summed E-state index contributed by atoms with van der Waals surface area (Å²) < 4.78 is 11.0. The molecule has 2 N–H and O–H groups in total. The van der Waals surface area contributed by atoms with E-state index >= 15 is 0 Å². The lowest BCUT2D eigenvalue weighted by Gasteiger charge is -2.20. The SMILES string of the molecule is O=C(Cc1cc(Cl)c2c(c1)OCCO2)NNC(=O)Cc1cccc2ccccc12. The van der Waals surface area contributed by atoms with Crippen LogP contribution >= 0.6 is 11.6 Å². The third-order valence-electron chi connectivity index (χ3n) is 4.59. The molecule has 7 heteroatoms. The van der Waals surface area contributed by atoms with Crippen LogP contribution in [-0.4, -0.2) is 25.0 Å². The number of carbonyl (C=O) groups excluding carboxylic acids is 2. The van der Waals surface area contributed by atoms with Gasteiger partial charge in [0.2, 0.25) is 11.8 Å². The second kappa shape index (κ2) is 8.41. The minimum Gasteiger partial charge on any atom is -0.486 e. The quantitative estimate of drug-likeness (QED) is 0.647. The maximum Gasteiger partial charge on any atom is 0.242 e. The second-order valence-corrected chi connectivity index (χ2v) is 7.10. The molecule has 0 saturated carbocycles.